The van der Waals surface area contributed by atoms with E-state index < -0.39 is 15.8 Å². The van der Waals surface area contributed by atoms with Gasteiger partial charge < -0.3 is 9.64 Å². The van der Waals surface area contributed by atoms with Crippen LogP contribution in [0.4, 0.5) is 10.1 Å². The smallest absolute Gasteiger partial charge is 0.253 e. The molecule has 0 saturated heterocycles. The van der Waals surface area contributed by atoms with Gasteiger partial charge in [-0.05, 0) is 36.8 Å². The van der Waals surface area contributed by atoms with E-state index in [1.807, 2.05) is 0 Å². The fourth-order valence-electron chi connectivity index (χ4n) is 2.39. The molecule has 0 saturated carbocycles. The van der Waals surface area contributed by atoms with Gasteiger partial charge in [0.25, 0.3) is 5.91 Å². The van der Waals surface area contributed by atoms with Crippen LogP contribution in [-0.2, 0) is 10.0 Å². The van der Waals surface area contributed by atoms with Crippen LogP contribution >= 0.6 is 0 Å². The van der Waals surface area contributed by atoms with Gasteiger partial charge in [0, 0.05) is 18.3 Å². The summed E-state index contributed by atoms with van der Waals surface area (Å²) in [6.07, 6.45) is 0.499. The van der Waals surface area contributed by atoms with Crippen molar-refractivity contribution in [2.24, 2.45) is 0 Å². The van der Waals surface area contributed by atoms with Crippen LogP contribution in [-0.4, -0.2) is 45.2 Å². The maximum atomic E-state index is 13.5. The lowest BCUT2D eigenvalue weighted by Gasteiger charge is -2.18. The molecule has 0 aliphatic rings. The minimum Gasteiger partial charge on any atom is -0.489 e. The Labute approximate surface area is 159 Å². The summed E-state index contributed by atoms with van der Waals surface area (Å²) in [7, 11) is -1.83. The maximum absolute atomic E-state index is 13.5. The molecule has 8 heteroatoms. The number of likely N-dealkylation sites (N-methyl/N-ethyl adjacent to an activating group) is 1. The summed E-state index contributed by atoms with van der Waals surface area (Å²) in [5, 5.41) is 0. The van der Waals surface area contributed by atoms with Crippen molar-refractivity contribution < 1.29 is 22.3 Å². The Kier molecular flexibility index (Phi) is 7.18. The summed E-state index contributed by atoms with van der Waals surface area (Å²) in [5.41, 5.74) is 0.686. The van der Waals surface area contributed by atoms with E-state index in [0.717, 1.165) is 0 Å². The molecule has 0 aliphatic heterocycles. The maximum Gasteiger partial charge on any atom is 0.253 e. The molecule has 0 heterocycles. The third-order valence-corrected chi connectivity index (χ3v) is 5.22. The van der Waals surface area contributed by atoms with Gasteiger partial charge in [0.15, 0.2) is 11.6 Å². The Balaban J connectivity index is 1.96. The summed E-state index contributed by atoms with van der Waals surface area (Å²) >= 11 is 0. The molecule has 1 N–H and O–H groups in total. The molecule has 0 aliphatic carbocycles. The van der Waals surface area contributed by atoms with E-state index in [0.29, 0.717) is 17.7 Å². The van der Waals surface area contributed by atoms with Crippen molar-refractivity contribution in [3.63, 3.8) is 0 Å². The third-order valence-electron chi connectivity index (χ3n) is 3.72. The highest BCUT2D eigenvalue weighted by atomic mass is 32.2. The van der Waals surface area contributed by atoms with Gasteiger partial charge in [0.1, 0.15) is 6.61 Å². The number of para-hydroxylation sites is 1. The highest BCUT2D eigenvalue weighted by Gasteiger charge is 2.14. The molecule has 2 rings (SSSR count). The van der Waals surface area contributed by atoms with Crippen LogP contribution in [0.25, 0.3) is 0 Å². The van der Waals surface area contributed by atoms with Gasteiger partial charge in [-0.1, -0.05) is 25.1 Å². The molecular formula is C19H23FN2O4S. The van der Waals surface area contributed by atoms with Crippen molar-refractivity contribution >= 4 is 21.6 Å². The second-order valence-corrected chi connectivity index (χ2v) is 7.85. The number of nitrogens with one attached hydrogen (secondary N) is 1. The zero-order chi connectivity index (χ0) is 19.9. The molecule has 27 heavy (non-hydrogen) atoms. The largest absolute Gasteiger partial charge is 0.489 e. The lowest BCUT2D eigenvalue weighted by atomic mass is 10.2. The van der Waals surface area contributed by atoms with Gasteiger partial charge in [0.2, 0.25) is 10.0 Å². The highest BCUT2D eigenvalue weighted by molar-refractivity contribution is 7.92. The van der Waals surface area contributed by atoms with Crippen LogP contribution in [0, 0.1) is 5.82 Å². The number of rotatable bonds is 9. The molecule has 2 aromatic rings. The molecule has 0 radical (unpaired) electrons. The first-order valence-electron chi connectivity index (χ1n) is 8.55. The van der Waals surface area contributed by atoms with Crippen LogP contribution in [0.5, 0.6) is 5.75 Å². The number of hydrogen-bond acceptors (Lipinski definition) is 4. The van der Waals surface area contributed by atoms with Crippen LogP contribution in [0.15, 0.2) is 48.5 Å². The predicted octanol–water partition coefficient (Wildman–Crippen LogP) is 3.13. The number of anilines is 1. The van der Waals surface area contributed by atoms with Gasteiger partial charge in [-0.15, -0.1) is 0 Å². The first kappa shape index (κ1) is 20.7. The number of nitrogens with zero attached hydrogens (tertiary/aromatic N) is 1. The Bertz CT molecular complexity index is 887. The summed E-state index contributed by atoms with van der Waals surface area (Å²) in [6.45, 7) is 2.16. The number of amides is 1. The van der Waals surface area contributed by atoms with Crippen LogP contribution in [0.3, 0.4) is 0 Å². The number of carbonyl (C=O) groups is 1. The van der Waals surface area contributed by atoms with Gasteiger partial charge in [0.05, 0.1) is 12.3 Å². The summed E-state index contributed by atoms with van der Waals surface area (Å²) in [6, 6.07) is 12.3. The fraction of sp³-hybridized carbons (Fsp3) is 0.316. The van der Waals surface area contributed by atoms with Gasteiger partial charge in [-0.25, -0.2) is 12.8 Å². The van der Waals surface area contributed by atoms with Crippen molar-refractivity contribution in [3.8, 4) is 5.75 Å². The first-order valence-corrected chi connectivity index (χ1v) is 10.2. The molecule has 146 valence electrons. The van der Waals surface area contributed by atoms with Crippen molar-refractivity contribution in [1.29, 1.82) is 0 Å². The van der Waals surface area contributed by atoms with E-state index in [-0.39, 0.29) is 30.6 Å². The lowest BCUT2D eigenvalue weighted by Crippen LogP contribution is -2.31. The average Bonchev–Trinajstić information content (AvgIpc) is 2.62. The minimum absolute atomic E-state index is 0.0124. The monoisotopic (exact) mass is 394 g/mol. The van der Waals surface area contributed by atoms with Gasteiger partial charge in [-0.3, -0.25) is 9.52 Å². The predicted molar refractivity (Wildman–Crippen MR) is 103 cm³/mol. The number of hydrogen-bond donors (Lipinski definition) is 1. The van der Waals surface area contributed by atoms with E-state index in [4.69, 9.17) is 4.74 Å². The molecule has 0 spiro atoms. The van der Waals surface area contributed by atoms with E-state index >= 15 is 0 Å². The number of sulfonamides is 1. The first-order chi connectivity index (χ1) is 12.8. The number of halogens is 1. The fourth-order valence-corrected chi connectivity index (χ4v) is 3.52. The van der Waals surface area contributed by atoms with E-state index in [9.17, 15) is 17.6 Å². The van der Waals surface area contributed by atoms with E-state index in [1.165, 1.54) is 23.1 Å². The zero-order valence-corrected chi connectivity index (χ0v) is 16.1. The molecule has 0 atom stereocenters. The normalized spacial score (nSPS) is 11.1. The minimum atomic E-state index is -3.43. The van der Waals surface area contributed by atoms with E-state index in [1.54, 1.807) is 44.3 Å². The topological polar surface area (TPSA) is 75.7 Å². The Hall–Kier alpha value is -2.61. The molecule has 1 amide bonds. The number of carbonyl (C=O) groups excluding carboxylic acids is 1. The molecule has 0 fully saturated rings. The van der Waals surface area contributed by atoms with E-state index in [2.05, 4.69) is 4.72 Å². The molecule has 6 nitrogen and oxygen atoms in total. The standard InChI is InChI=1S/C19H23FN2O4S/c1-3-13-27(24,25)21-16-8-6-7-15(14-16)19(23)22(2)11-12-26-18-10-5-4-9-17(18)20/h4-10,14,21H,3,11-13H2,1-2H3. The molecule has 2 aromatic carbocycles. The summed E-state index contributed by atoms with van der Waals surface area (Å²) < 4.78 is 45.0. The molecule has 0 unspecified atom stereocenters. The Morgan fingerprint density at radius 3 is 2.63 bits per heavy atom. The highest BCUT2D eigenvalue weighted by Crippen LogP contribution is 2.16. The molecule has 0 bridgehead atoms. The Morgan fingerprint density at radius 2 is 1.93 bits per heavy atom. The molecule has 0 aromatic heterocycles. The quantitative estimate of drug-likeness (QED) is 0.709. The van der Waals surface area contributed by atoms with Gasteiger partial charge >= 0.3 is 0 Å². The Morgan fingerprint density at radius 1 is 1.19 bits per heavy atom. The van der Waals surface area contributed by atoms with Crippen LogP contribution in [0.1, 0.15) is 23.7 Å². The number of ether oxygens (including phenoxy) is 1. The van der Waals surface area contributed by atoms with Crippen LogP contribution < -0.4 is 9.46 Å². The summed E-state index contributed by atoms with van der Waals surface area (Å²) in [5.74, 6) is -0.605. The third kappa shape index (κ3) is 6.25. The van der Waals surface area contributed by atoms with Crippen molar-refractivity contribution in [2.45, 2.75) is 13.3 Å². The number of benzene rings is 2. The molecular weight excluding hydrogens is 371 g/mol. The lowest BCUT2D eigenvalue weighted by molar-refractivity contribution is 0.0773. The van der Waals surface area contributed by atoms with Crippen LogP contribution in [0.2, 0.25) is 0 Å². The van der Waals surface area contributed by atoms with Crippen molar-refractivity contribution in [1.82, 2.24) is 4.90 Å². The van der Waals surface area contributed by atoms with Crippen molar-refractivity contribution in [3.05, 3.63) is 59.9 Å². The second-order valence-electron chi connectivity index (χ2n) is 6.01. The summed E-state index contributed by atoms with van der Waals surface area (Å²) in [4.78, 5) is 13.9. The zero-order valence-electron chi connectivity index (χ0n) is 15.3. The average molecular weight is 394 g/mol. The van der Waals surface area contributed by atoms with Gasteiger partial charge in [-0.2, -0.15) is 0 Å². The second kappa shape index (κ2) is 9.36. The van der Waals surface area contributed by atoms with Crippen molar-refractivity contribution in [2.75, 3.05) is 30.7 Å². The SMILES string of the molecule is CCCS(=O)(=O)Nc1cccc(C(=O)N(C)CCOc2ccccc2F)c1.